The van der Waals surface area contributed by atoms with Gasteiger partial charge in [0.1, 0.15) is 11.3 Å². The molecule has 1 N–H and O–H groups in total. The van der Waals surface area contributed by atoms with Crippen LogP contribution in [-0.2, 0) is 0 Å². The molecular formula is C20H12BrFN2O2. The van der Waals surface area contributed by atoms with Gasteiger partial charge in [0, 0.05) is 21.3 Å². The Balaban J connectivity index is 1.68. The number of aromatic nitrogens is 1. The van der Waals surface area contributed by atoms with Gasteiger partial charge in [0.25, 0.3) is 5.91 Å². The molecule has 128 valence electrons. The predicted molar refractivity (Wildman–Crippen MR) is 101 cm³/mol. The molecule has 26 heavy (non-hydrogen) atoms. The SMILES string of the molecule is O=C(Nc1ccc(Br)cc1)c1ccc2noc(-c3ccc(F)cc3)c2c1. The normalized spacial score (nSPS) is 10.8. The highest BCUT2D eigenvalue weighted by Crippen LogP contribution is 2.29. The Bertz CT molecular complexity index is 1090. The summed E-state index contributed by atoms with van der Waals surface area (Å²) in [6.07, 6.45) is 0. The number of fused-ring (bicyclic) bond motifs is 1. The minimum Gasteiger partial charge on any atom is -0.355 e. The molecule has 0 radical (unpaired) electrons. The lowest BCUT2D eigenvalue weighted by atomic mass is 10.1. The first-order valence-electron chi connectivity index (χ1n) is 7.82. The Hall–Kier alpha value is -2.99. The zero-order chi connectivity index (χ0) is 18.1. The van der Waals surface area contributed by atoms with Gasteiger partial charge in [-0.15, -0.1) is 0 Å². The third-order valence-electron chi connectivity index (χ3n) is 3.95. The molecule has 3 aromatic carbocycles. The first-order chi connectivity index (χ1) is 12.6. The number of carbonyl (C=O) groups is 1. The number of nitrogens with zero attached hydrogens (tertiary/aromatic N) is 1. The Labute approximate surface area is 156 Å². The summed E-state index contributed by atoms with van der Waals surface area (Å²) in [6, 6.07) is 18.4. The van der Waals surface area contributed by atoms with Gasteiger partial charge in [0.15, 0.2) is 5.76 Å². The molecule has 4 rings (SSSR count). The average molecular weight is 411 g/mol. The van der Waals surface area contributed by atoms with Crippen LogP contribution in [-0.4, -0.2) is 11.1 Å². The van der Waals surface area contributed by atoms with Crippen LogP contribution in [0, 0.1) is 5.82 Å². The summed E-state index contributed by atoms with van der Waals surface area (Å²) in [6.45, 7) is 0. The number of anilines is 1. The molecule has 6 heteroatoms. The van der Waals surface area contributed by atoms with Gasteiger partial charge >= 0.3 is 0 Å². The van der Waals surface area contributed by atoms with Crippen molar-refractivity contribution >= 4 is 38.4 Å². The third kappa shape index (κ3) is 3.23. The zero-order valence-electron chi connectivity index (χ0n) is 13.4. The van der Waals surface area contributed by atoms with Gasteiger partial charge in [-0.1, -0.05) is 21.1 Å². The smallest absolute Gasteiger partial charge is 0.255 e. The van der Waals surface area contributed by atoms with Crippen molar-refractivity contribution in [2.75, 3.05) is 5.32 Å². The van der Waals surface area contributed by atoms with Crippen molar-refractivity contribution in [3.8, 4) is 11.3 Å². The summed E-state index contributed by atoms with van der Waals surface area (Å²) in [4.78, 5) is 12.5. The van der Waals surface area contributed by atoms with Crippen LogP contribution in [0.3, 0.4) is 0 Å². The second kappa shape index (κ2) is 6.72. The monoisotopic (exact) mass is 410 g/mol. The summed E-state index contributed by atoms with van der Waals surface area (Å²) >= 11 is 3.36. The van der Waals surface area contributed by atoms with E-state index >= 15 is 0 Å². The van der Waals surface area contributed by atoms with Crippen molar-refractivity contribution < 1.29 is 13.7 Å². The molecule has 0 aliphatic carbocycles. The number of halogens is 2. The standard InChI is InChI=1S/C20H12BrFN2O2/c21-14-4-8-16(9-5-14)23-20(25)13-3-10-18-17(11-13)19(26-24-18)12-1-6-15(22)7-2-12/h1-11H,(H,23,25). The lowest BCUT2D eigenvalue weighted by molar-refractivity contribution is 0.102. The molecule has 0 saturated heterocycles. The van der Waals surface area contributed by atoms with Gasteiger partial charge < -0.3 is 9.84 Å². The Kier molecular flexibility index (Phi) is 4.26. The highest BCUT2D eigenvalue weighted by molar-refractivity contribution is 9.10. The van der Waals surface area contributed by atoms with E-state index in [2.05, 4.69) is 26.4 Å². The van der Waals surface area contributed by atoms with Crippen molar-refractivity contribution in [1.82, 2.24) is 5.16 Å². The lowest BCUT2D eigenvalue weighted by Gasteiger charge is -2.05. The fourth-order valence-electron chi connectivity index (χ4n) is 2.63. The van der Waals surface area contributed by atoms with Crippen LogP contribution in [0.15, 0.2) is 75.7 Å². The molecule has 0 spiro atoms. The number of nitrogens with one attached hydrogen (secondary N) is 1. The second-order valence-electron chi connectivity index (χ2n) is 5.71. The molecule has 0 saturated carbocycles. The van der Waals surface area contributed by atoms with Crippen LogP contribution in [0.1, 0.15) is 10.4 Å². The van der Waals surface area contributed by atoms with E-state index in [4.69, 9.17) is 4.52 Å². The maximum atomic E-state index is 13.1. The Morgan fingerprint density at radius 1 is 1.00 bits per heavy atom. The molecule has 0 fully saturated rings. The molecule has 0 atom stereocenters. The third-order valence-corrected chi connectivity index (χ3v) is 4.48. The van der Waals surface area contributed by atoms with Crippen molar-refractivity contribution in [3.63, 3.8) is 0 Å². The Morgan fingerprint density at radius 2 is 1.73 bits per heavy atom. The van der Waals surface area contributed by atoms with Crippen LogP contribution in [0.25, 0.3) is 22.2 Å². The molecule has 4 aromatic rings. The van der Waals surface area contributed by atoms with E-state index < -0.39 is 0 Å². The van der Waals surface area contributed by atoms with Gasteiger partial charge in [0.2, 0.25) is 0 Å². The largest absolute Gasteiger partial charge is 0.355 e. The summed E-state index contributed by atoms with van der Waals surface area (Å²) < 4.78 is 19.5. The van der Waals surface area contributed by atoms with Crippen molar-refractivity contribution in [2.24, 2.45) is 0 Å². The second-order valence-corrected chi connectivity index (χ2v) is 6.63. The summed E-state index contributed by atoms with van der Waals surface area (Å²) in [7, 11) is 0. The zero-order valence-corrected chi connectivity index (χ0v) is 15.0. The number of amides is 1. The van der Waals surface area contributed by atoms with Crippen molar-refractivity contribution in [3.05, 3.63) is 82.6 Å². The number of hydrogen-bond donors (Lipinski definition) is 1. The van der Waals surface area contributed by atoms with Gasteiger partial charge in [-0.2, -0.15) is 0 Å². The summed E-state index contributed by atoms with van der Waals surface area (Å²) in [5, 5.41) is 7.55. The molecule has 1 aromatic heterocycles. The van der Waals surface area contributed by atoms with Gasteiger partial charge in [-0.25, -0.2) is 4.39 Å². The number of hydrogen-bond acceptors (Lipinski definition) is 3. The van der Waals surface area contributed by atoms with Gasteiger partial charge in [-0.05, 0) is 66.7 Å². The highest BCUT2D eigenvalue weighted by Gasteiger charge is 2.14. The first-order valence-corrected chi connectivity index (χ1v) is 8.62. The van der Waals surface area contributed by atoms with E-state index in [1.807, 2.05) is 24.3 Å². The van der Waals surface area contributed by atoms with Crippen LogP contribution in [0.4, 0.5) is 10.1 Å². The number of rotatable bonds is 3. The van der Waals surface area contributed by atoms with E-state index in [-0.39, 0.29) is 11.7 Å². The van der Waals surface area contributed by atoms with Crippen molar-refractivity contribution in [1.29, 1.82) is 0 Å². The number of carbonyl (C=O) groups excluding carboxylic acids is 1. The molecule has 0 aliphatic heterocycles. The maximum absolute atomic E-state index is 13.1. The van der Waals surface area contributed by atoms with Crippen LogP contribution >= 0.6 is 15.9 Å². The Morgan fingerprint density at radius 3 is 2.46 bits per heavy atom. The van der Waals surface area contributed by atoms with Gasteiger partial charge in [-0.3, -0.25) is 4.79 Å². The van der Waals surface area contributed by atoms with E-state index in [9.17, 15) is 9.18 Å². The van der Waals surface area contributed by atoms with Crippen LogP contribution < -0.4 is 5.32 Å². The molecular weight excluding hydrogens is 399 g/mol. The van der Waals surface area contributed by atoms with E-state index in [1.165, 1.54) is 12.1 Å². The lowest BCUT2D eigenvalue weighted by Crippen LogP contribution is -2.11. The highest BCUT2D eigenvalue weighted by atomic mass is 79.9. The fraction of sp³-hybridized carbons (Fsp3) is 0. The first kappa shape index (κ1) is 16.5. The summed E-state index contributed by atoms with van der Waals surface area (Å²) in [5.74, 6) is -0.0640. The topological polar surface area (TPSA) is 55.1 Å². The van der Waals surface area contributed by atoms with E-state index in [1.54, 1.807) is 30.3 Å². The number of benzene rings is 3. The van der Waals surface area contributed by atoms with E-state index in [0.29, 0.717) is 33.5 Å². The maximum Gasteiger partial charge on any atom is 0.255 e. The van der Waals surface area contributed by atoms with Gasteiger partial charge in [0.05, 0.1) is 5.39 Å². The van der Waals surface area contributed by atoms with Crippen LogP contribution in [0.2, 0.25) is 0 Å². The molecule has 4 nitrogen and oxygen atoms in total. The minimum atomic E-state index is -0.327. The summed E-state index contributed by atoms with van der Waals surface area (Å²) in [5.41, 5.74) is 2.50. The molecule has 0 unspecified atom stereocenters. The molecule has 0 bridgehead atoms. The fourth-order valence-corrected chi connectivity index (χ4v) is 2.89. The molecule has 1 heterocycles. The van der Waals surface area contributed by atoms with Crippen LogP contribution in [0.5, 0.6) is 0 Å². The molecule has 0 aliphatic rings. The quantitative estimate of drug-likeness (QED) is 0.474. The average Bonchev–Trinajstić information content (AvgIpc) is 3.07. The van der Waals surface area contributed by atoms with E-state index in [0.717, 1.165) is 4.47 Å². The minimum absolute atomic E-state index is 0.236. The van der Waals surface area contributed by atoms with Crippen molar-refractivity contribution in [2.45, 2.75) is 0 Å². The predicted octanol–water partition coefficient (Wildman–Crippen LogP) is 5.65. The molecule has 1 amide bonds.